The van der Waals surface area contributed by atoms with E-state index in [-0.39, 0.29) is 11.9 Å². The summed E-state index contributed by atoms with van der Waals surface area (Å²) in [6.45, 7) is 3.44. The molecule has 1 atom stereocenters. The maximum Gasteiger partial charge on any atom is 0.228 e. The van der Waals surface area contributed by atoms with Gasteiger partial charge in [0.05, 0.1) is 5.69 Å². The lowest BCUT2D eigenvalue weighted by Gasteiger charge is -2.16. The topological polar surface area (TPSA) is 49.6 Å². The molecule has 0 aliphatic carbocycles. The van der Waals surface area contributed by atoms with E-state index < -0.39 is 0 Å². The van der Waals surface area contributed by atoms with E-state index in [0.29, 0.717) is 19.5 Å². The first-order valence-electron chi connectivity index (χ1n) is 8.22. The average molecular weight is 320 g/mol. The van der Waals surface area contributed by atoms with Crippen LogP contribution in [0.15, 0.2) is 54.9 Å². The van der Waals surface area contributed by atoms with E-state index in [1.54, 1.807) is 0 Å². The maximum absolute atomic E-state index is 12.2. The quantitative estimate of drug-likeness (QED) is 0.804. The molecule has 0 radical (unpaired) electrons. The van der Waals surface area contributed by atoms with Gasteiger partial charge in [-0.25, -0.2) is 4.98 Å². The number of hydrogen-bond donors (Lipinski definition) is 1. The van der Waals surface area contributed by atoms with Crippen molar-refractivity contribution in [2.75, 3.05) is 11.4 Å². The van der Waals surface area contributed by atoms with E-state index >= 15 is 0 Å². The van der Waals surface area contributed by atoms with Gasteiger partial charge in [0.25, 0.3) is 0 Å². The first-order valence-corrected chi connectivity index (χ1v) is 8.22. The second kappa shape index (κ2) is 6.09. The van der Waals surface area contributed by atoms with Gasteiger partial charge in [-0.15, -0.1) is 0 Å². The van der Waals surface area contributed by atoms with Gasteiger partial charge in [-0.2, -0.15) is 0 Å². The number of aromatic nitrogens is 2. The number of imidazole rings is 1. The molecule has 5 heteroatoms. The van der Waals surface area contributed by atoms with Crippen molar-refractivity contribution in [3.63, 3.8) is 0 Å². The molecular formula is C19H20N4O. The molecular weight excluding hydrogens is 300 g/mol. The molecule has 4 rings (SSSR count). The predicted octanol–water partition coefficient (Wildman–Crippen LogP) is 2.54. The van der Waals surface area contributed by atoms with Gasteiger partial charge in [-0.05, 0) is 30.7 Å². The summed E-state index contributed by atoms with van der Waals surface area (Å²) in [4.78, 5) is 18.7. The molecule has 5 nitrogen and oxygen atoms in total. The summed E-state index contributed by atoms with van der Waals surface area (Å²) < 4.78 is 2.04. The zero-order chi connectivity index (χ0) is 16.5. The Labute approximate surface area is 140 Å². The summed E-state index contributed by atoms with van der Waals surface area (Å²) >= 11 is 0. The molecule has 24 heavy (non-hydrogen) atoms. The Morgan fingerprint density at radius 2 is 2.00 bits per heavy atom. The molecule has 1 N–H and O–H groups in total. The number of carbonyl (C=O) groups is 1. The highest BCUT2D eigenvalue weighted by atomic mass is 16.2. The lowest BCUT2D eigenvalue weighted by molar-refractivity contribution is -0.117. The number of fused-ring (bicyclic) bond motifs is 1. The minimum absolute atomic E-state index is 0.157. The van der Waals surface area contributed by atoms with E-state index in [0.717, 1.165) is 17.0 Å². The summed E-state index contributed by atoms with van der Waals surface area (Å²) in [5.74, 6) is 0.171. The summed E-state index contributed by atoms with van der Waals surface area (Å²) in [6, 6.07) is 14.1. The van der Waals surface area contributed by atoms with Gasteiger partial charge in [0.2, 0.25) is 5.91 Å². The van der Waals surface area contributed by atoms with Crippen LogP contribution in [0.4, 0.5) is 5.69 Å². The molecule has 1 saturated heterocycles. The maximum atomic E-state index is 12.2. The third-order valence-electron chi connectivity index (χ3n) is 4.41. The van der Waals surface area contributed by atoms with E-state index in [1.165, 1.54) is 5.56 Å². The second-order valence-electron chi connectivity index (χ2n) is 6.33. The normalized spacial score (nSPS) is 17.8. The number of rotatable bonds is 4. The number of aryl methyl sites for hydroxylation is 1. The van der Waals surface area contributed by atoms with Crippen LogP contribution in [0, 0.1) is 6.92 Å². The van der Waals surface area contributed by atoms with E-state index in [9.17, 15) is 4.79 Å². The zero-order valence-corrected chi connectivity index (χ0v) is 13.6. The van der Waals surface area contributed by atoms with Crippen LogP contribution >= 0.6 is 0 Å². The van der Waals surface area contributed by atoms with Gasteiger partial charge in [-0.3, -0.25) is 4.79 Å². The molecule has 3 heterocycles. The van der Waals surface area contributed by atoms with Gasteiger partial charge in [0.15, 0.2) is 0 Å². The second-order valence-corrected chi connectivity index (χ2v) is 6.33. The summed E-state index contributed by atoms with van der Waals surface area (Å²) in [5, 5.41) is 3.47. The minimum Gasteiger partial charge on any atom is -0.311 e. The Balaban J connectivity index is 1.41. The largest absolute Gasteiger partial charge is 0.311 e. The molecule has 3 aromatic rings. The fourth-order valence-electron chi connectivity index (χ4n) is 3.19. The molecule has 1 fully saturated rings. The third kappa shape index (κ3) is 2.90. The van der Waals surface area contributed by atoms with E-state index in [4.69, 9.17) is 0 Å². The number of pyridine rings is 1. The van der Waals surface area contributed by atoms with Gasteiger partial charge >= 0.3 is 0 Å². The molecule has 1 aliphatic heterocycles. The monoisotopic (exact) mass is 320 g/mol. The molecule has 122 valence electrons. The summed E-state index contributed by atoms with van der Waals surface area (Å²) in [6.07, 6.45) is 4.64. The van der Waals surface area contributed by atoms with Crippen LogP contribution < -0.4 is 10.2 Å². The summed E-state index contributed by atoms with van der Waals surface area (Å²) in [7, 11) is 0. The van der Waals surface area contributed by atoms with Crippen LogP contribution in [-0.2, 0) is 11.3 Å². The Bertz CT molecular complexity index is 871. The lowest BCUT2D eigenvalue weighted by atomic mass is 10.2. The van der Waals surface area contributed by atoms with Crippen LogP contribution in [0.2, 0.25) is 0 Å². The van der Waals surface area contributed by atoms with Crippen molar-refractivity contribution < 1.29 is 4.79 Å². The molecule has 1 aromatic carbocycles. The Morgan fingerprint density at radius 1 is 1.17 bits per heavy atom. The predicted molar refractivity (Wildman–Crippen MR) is 94.0 cm³/mol. The van der Waals surface area contributed by atoms with E-state index in [1.807, 2.05) is 51.9 Å². The smallest absolute Gasteiger partial charge is 0.228 e. The van der Waals surface area contributed by atoms with Crippen LogP contribution in [-0.4, -0.2) is 27.9 Å². The number of nitrogens with zero attached hydrogens (tertiary/aromatic N) is 3. The molecule has 1 unspecified atom stereocenters. The molecule has 1 amide bonds. The minimum atomic E-state index is 0.157. The lowest BCUT2D eigenvalue weighted by Crippen LogP contribution is -2.32. The number of anilines is 1. The summed E-state index contributed by atoms with van der Waals surface area (Å²) in [5.41, 5.74) is 4.12. The number of nitrogens with one attached hydrogen (secondary N) is 1. The van der Waals surface area contributed by atoms with Crippen molar-refractivity contribution >= 4 is 17.2 Å². The van der Waals surface area contributed by atoms with Gasteiger partial charge in [0, 0.05) is 43.6 Å². The zero-order valence-electron chi connectivity index (χ0n) is 13.6. The standard InChI is InChI=1S/C19H20N4O/c1-14-7-8-18-21-16(12-22(18)11-14)10-20-15-9-19(24)23(13-15)17-5-3-2-4-6-17/h2-8,11-12,15,20H,9-10,13H2,1H3. The van der Waals surface area contributed by atoms with Crippen molar-refractivity contribution in [2.45, 2.75) is 25.9 Å². The Morgan fingerprint density at radius 3 is 2.83 bits per heavy atom. The van der Waals surface area contributed by atoms with Crippen molar-refractivity contribution in [3.05, 3.63) is 66.1 Å². The number of benzene rings is 1. The average Bonchev–Trinajstić information content (AvgIpc) is 3.16. The third-order valence-corrected chi connectivity index (χ3v) is 4.41. The molecule has 0 spiro atoms. The van der Waals surface area contributed by atoms with Gasteiger partial charge in [0.1, 0.15) is 5.65 Å². The van der Waals surface area contributed by atoms with Crippen molar-refractivity contribution in [3.8, 4) is 0 Å². The molecule has 0 bridgehead atoms. The highest BCUT2D eigenvalue weighted by Gasteiger charge is 2.30. The highest BCUT2D eigenvalue weighted by molar-refractivity contribution is 5.96. The highest BCUT2D eigenvalue weighted by Crippen LogP contribution is 2.21. The number of amides is 1. The first-order chi connectivity index (χ1) is 11.7. The van der Waals surface area contributed by atoms with Crippen LogP contribution in [0.25, 0.3) is 5.65 Å². The van der Waals surface area contributed by atoms with Crippen molar-refractivity contribution in [2.24, 2.45) is 0 Å². The van der Waals surface area contributed by atoms with E-state index in [2.05, 4.69) is 29.5 Å². The molecule has 0 saturated carbocycles. The fraction of sp³-hybridized carbons (Fsp3) is 0.263. The Hall–Kier alpha value is -2.66. The van der Waals surface area contributed by atoms with Crippen molar-refractivity contribution in [1.82, 2.24) is 14.7 Å². The Kier molecular flexibility index (Phi) is 3.78. The van der Waals surface area contributed by atoms with Gasteiger partial charge < -0.3 is 14.6 Å². The fourth-order valence-corrected chi connectivity index (χ4v) is 3.19. The number of para-hydroxylation sites is 1. The number of hydrogen-bond acceptors (Lipinski definition) is 3. The van der Waals surface area contributed by atoms with Gasteiger partial charge in [-0.1, -0.05) is 24.3 Å². The van der Waals surface area contributed by atoms with Crippen LogP contribution in [0.3, 0.4) is 0 Å². The molecule has 2 aromatic heterocycles. The van der Waals surface area contributed by atoms with Crippen molar-refractivity contribution in [1.29, 1.82) is 0 Å². The van der Waals surface area contributed by atoms with Crippen LogP contribution in [0.1, 0.15) is 17.7 Å². The van der Waals surface area contributed by atoms with Crippen LogP contribution in [0.5, 0.6) is 0 Å². The molecule has 1 aliphatic rings. The first kappa shape index (κ1) is 14.9. The SMILES string of the molecule is Cc1ccc2nc(CNC3CC(=O)N(c4ccccc4)C3)cn2c1. The number of carbonyl (C=O) groups excluding carboxylic acids is 1.